The first-order chi connectivity index (χ1) is 11.0. The fraction of sp³-hybridized carbons (Fsp3) is 0.133. The van der Waals surface area contributed by atoms with Crippen LogP contribution in [0.15, 0.2) is 58.6 Å². The van der Waals surface area contributed by atoms with Crippen molar-refractivity contribution < 1.29 is 12.8 Å². The minimum atomic E-state index is -3.62. The van der Waals surface area contributed by atoms with Crippen molar-refractivity contribution in [3.63, 3.8) is 0 Å². The van der Waals surface area contributed by atoms with E-state index in [2.05, 4.69) is 9.97 Å². The Balaban J connectivity index is 1.87. The van der Waals surface area contributed by atoms with E-state index in [1.54, 1.807) is 12.1 Å². The lowest BCUT2D eigenvalue weighted by atomic mass is 10.3. The van der Waals surface area contributed by atoms with E-state index in [9.17, 15) is 17.6 Å². The highest BCUT2D eigenvalue weighted by Gasteiger charge is 2.15. The fourth-order valence-electron chi connectivity index (χ4n) is 2.14. The van der Waals surface area contributed by atoms with E-state index in [4.69, 9.17) is 0 Å². The third-order valence-electron chi connectivity index (χ3n) is 3.37. The maximum atomic E-state index is 12.9. The lowest BCUT2D eigenvalue weighted by Crippen LogP contribution is -2.24. The lowest BCUT2D eigenvalue weighted by molar-refractivity contribution is 0.585. The molecule has 0 aliphatic carbocycles. The standard InChI is InChI=1S/C15H12FN3O3S/c16-11-3-5-12(6-4-11)23(21,22)9-8-19-10-18-14-13(15(19)20)2-1-7-17-14/h1-7,10H,8-9H2. The molecule has 0 spiro atoms. The zero-order valence-electron chi connectivity index (χ0n) is 11.9. The number of rotatable bonds is 4. The van der Waals surface area contributed by atoms with Gasteiger partial charge in [0.2, 0.25) is 0 Å². The molecule has 2 heterocycles. The molecule has 0 amide bonds. The highest BCUT2D eigenvalue weighted by molar-refractivity contribution is 7.91. The SMILES string of the molecule is O=c1c2cccnc2ncn1CCS(=O)(=O)c1ccc(F)cc1. The zero-order chi connectivity index (χ0) is 16.4. The predicted octanol–water partition coefficient (Wildman–Crippen LogP) is 1.40. The van der Waals surface area contributed by atoms with Crippen LogP contribution in [0.4, 0.5) is 4.39 Å². The molecule has 0 fully saturated rings. The van der Waals surface area contributed by atoms with E-state index < -0.39 is 15.7 Å². The van der Waals surface area contributed by atoms with Crippen LogP contribution in [0.25, 0.3) is 11.0 Å². The summed E-state index contributed by atoms with van der Waals surface area (Å²) in [4.78, 5) is 20.3. The van der Waals surface area contributed by atoms with Crippen molar-refractivity contribution in [3.8, 4) is 0 Å². The van der Waals surface area contributed by atoms with Crippen molar-refractivity contribution in [3.05, 3.63) is 65.1 Å². The summed E-state index contributed by atoms with van der Waals surface area (Å²) in [5, 5.41) is 0.328. The predicted molar refractivity (Wildman–Crippen MR) is 82.3 cm³/mol. The molecule has 2 aromatic heterocycles. The lowest BCUT2D eigenvalue weighted by Gasteiger charge is -2.07. The summed E-state index contributed by atoms with van der Waals surface area (Å²) in [5.41, 5.74) is -0.0347. The van der Waals surface area contributed by atoms with Crippen LogP contribution in [0, 0.1) is 5.82 Å². The summed E-state index contributed by atoms with van der Waals surface area (Å²) in [6, 6.07) is 7.78. The van der Waals surface area contributed by atoms with Crippen LogP contribution in [-0.2, 0) is 16.4 Å². The molecule has 0 aliphatic heterocycles. The second-order valence-corrected chi connectivity index (χ2v) is 7.00. The zero-order valence-corrected chi connectivity index (χ0v) is 12.7. The minimum absolute atomic E-state index is 0.0161. The number of pyridine rings is 1. The van der Waals surface area contributed by atoms with Crippen LogP contribution in [0.2, 0.25) is 0 Å². The molecule has 6 nitrogen and oxygen atoms in total. The number of hydrogen-bond acceptors (Lipinski definition) is 5. The summed E-state index contributed by atoms with van der Waals surface area (Å²) in [7, 11) is -3.62. The Bertz CT molecular complexity index is 1010. The van der Waals surface area contributed by atoms with Gasteiger partial charge in [-0.15, -0.1) is 0 Å². The average molecular weight is 333 g/mol. The Morgan fingerprint density at radius 2 is 1.83 bits per heavy atom. The summed E-state index contributed by atoms with van der Waals surface area (Å²) >= 11 is 0. The van der Waals surface area contributed by atoms with Crippen molar-refractivity contribution in [1.82, 2.24) is 14.5 Å². The number of benzene rings is 1. The minimum Gasteiger partial charge on any atom is -0.298 e. The number of nitrogens with zero attached hydrogens (tertiary/aromatic N) is 3. The van der Waals surface area contributed by atoms with Gasteiger partial charge in [0.05, 0.1) is 16.0 Å². The molecule has 8 heteroatoms. The van der Waals surface area contributed by atoms with E-state index in [1.807, 2.05) is 0 Å². The Kier molecular flexibility index (Phi) is 3.91. The quantitative estimate of drug-likeness (QED) is 0.674. The van der Waals surface area contributed by atoms with Gasteiger partial charge in [0.1, 0.15) is 12.1 Å². The van der Waals surface area contributed by atoms with Crippen molar-refractivity contribution in [2.75, 3.05) is 5.75 Å². The second kappa shape index (κ2) is 5.88. The van der Waals surface area contributed by atoms with Crippen LogP contribution in [0.3, 0.4) is 0 Å². The molecule has 0 bridgehead atoms. The topological polar surface area (TPSA) is 81.9 Å². The molecule has 23 heavy (non-hydrogen) atoms. The molecule has 0 saturated heterocycles. The molecule has 1 aromatic carbocycles. The first-order valence-corrected chi connectivity index (χ1v) is 8.41. The van der Waals surface area contributed by atoms with Gasteiger partial charge in [-0.1, -0.05) is 0 Å². The molecular formula is C15H12FN3O3S. The third-order valence-corrected chi connectivity index (χ3v) is 5.08. The van der Waals surface area contributed by atoms with E-state index in [-0.39, 0.29) is 22.8 Å². The smallest absolute Gasteiger partial charge is 0.262 e. The summed E-state index contributed by atoms with van der Waals surface area (Å²) < 4.78 is 38.5. The van der Waals surface area contributed by atoms with E-state index in [0.717, 1.165) is 12.1 Å². The Labute approximate surface area is 131 Å². The van der Waals surface area contributed by atoms with Crippen molar-refractivity contribution in [1.29, 1.82) is 0 Å². The van der Waals surface area contributed by atoms with Crippen LogP contribution in [0.5, 0.6) is 0 Å². The Hall–Kier alpha value is -2.61. The molecular weight excluding hydrogens is 321 g/mol. The van der Waals surface area contributed by atoms with Crippen LogP contribution < -0.4 is 5.56 Å². The molecule has 3 aromatic rings. The number of sulfone groups is 1. The highest BCUT2D eigenvalue weighted by atomic mass is 32.2. The van der Waals surface area contributed by atoms with Gasteiger partial charge in [0.25, 0.3) is 5.56 Å². The number of halogens is 1. The van der Waals surface area contributed by atoms with Gasteiger partial charge in [-0.2, -0.15) is 0 Å². The summed E-state index contributed by atoms with van der Waals surface area (Å²) in [5.74, 6) is -0.794. The Morgan fingerprint density at radius 3 is 2.57 bits per heavy atom. The van der Waals surface area contributed by atoms with Crippen LogP contribution >= 0.6 is 0 Å². The maximum Gasteiger partial charge on any atom is 0.262 e. The molecule has 0 aliphatic rings. The number of aromatic nitrogens is 3. The number of aryl methyl sites for hydroxylation is 1. The van der Waals surface area contributed by atoms with Crippen molar-refractivity contribution in [2.45, 2.75) is 11.4 Å². The van der Waals surface area contributed by atoms with Gasteiger partial charge in [0.15, 0.2) is 15.5 Å². The molecule has 0 atom stereocenters. The number of fused-ring (bicyclic) bond motifs is 1. The van der Waals surface area contributed by atoms with Crippen molar-refractivity contribution in [2.24, 2.45) is 0 Å². The summed E-state index contributed by atoms with van der Waals surface area (Å²) in [6.07, 6.45) is 2.80. The monoisotopic (exact) mass is 333 g/mol. The van der Waals surface area contributed by atoms with Gasteiger partial charge in [-0.25, -0.2) is 22.8 Å². The van der Waals surface area contributed by atoms with Crippen LogP contribution in [-0.4, -0.2) is 28.7 Å². The van der Waals surface area contributed by atoms with E-state index in [1.165, 1.54) is 29.2 Å². The molecule has 0 radical (unpaired) electrons. The van der Waals surface area contributed by atoms with Gasteiger partial charge in [-0.3, -0.25) is 9.36 Å². The Morgan fingerprint density at radius 1 is 1.09 bits per heavy atom. The largest absolute Gasteiger partial charge is 0.298 e. The van der Waals surface area contributed by atoms with Gasteiger partial charge in [0, 0.05) is 12.7 Å². The van der Waals surface area contributed by atoms with Gasteiger partial charge >= 0.3 is 0 Å². The van der Waals surface area contributed by atoms with E-state index >= 15 is 0 Å². The number of hydrogen-bond donors (Lipinski definition) is 0. The second-order valence-electron chi connectivity index (χ2n) is 4.89. The maximum absolute atomic E-state index is 12.9. The van der Waals surface area contributed by atoms with Gasteiger partial charge < -0.3 is 0 Å². The van der Waals surface area contributed by atoms with Gasteiger partial charge in [-0.05, 0) is 36.4 Å². The molecule has 0 N–H and O–H groups in total. The molecule has 0 saturated carbocycles. The molecule has 3 rings (SSSR count). The van der Waals surface area contributed by atoms with Crippen LogP contribution in [0.1, 0.15) is 0 Å². The third kappa shape index (κ3) is 3.11. The van der Waals surface area contributed by atoms with Crippen molar-refractivity contribution >= 4 is 20.9 Å². The average Bonchev–Trinajstić information content (AvgIpc) is 2.55. The first kappa shape index (κ1) is 15.3. The highest BCUT2D eigenvalue weighted by Crippen LogP contribution is 2.12. The fourth-order valence-corrected chi connectivity index (χ4v) is 3.36. The normalized spacial score (nSPS) is 11.7. The summed E-state index contributed by atoms with van der Waals surface area (Å²) in [6.45, 7) is -0.0453. The van der Waals surface area contributed by atoms with E-state index in [0.29, 0.717) is 11.0 Å². The molecule has 118 valence electrons. The molecule has 0 unspecified atom stereocenters. The first-order valence-electron chi connectivity index (χ1n) is 6.76.